The first kappa shape index (κ1) is 17.7. The van der Waals surface area contributed by atoms with Crippen LogP contribution in [0.2, 0.25) is 0 Å². The van der Waals surface area contributed by atoms with Crippen molar-refractivity contribution < 1.29 is 19.0 Å². The molecule has 0 heterocycles. The van der Waals surface area contributed by atoms with Gasteiger partial charge in [0.15, 0.2) is 6.61 Å². The molecule has 5 heteroatoms. The number of rotatable bonds is 8. The third-order valence-electron chi connectivity index (χ3n) is 3.58. The van der Waals surface area contributed by atoms with Gasteiger partial charge in [0, 0.05) is 6.54 Å². The molecular formula is C19H23NO4. The number of carbonyl (C=O) groups excluding carboxylic acids is 1. The lowest BCUT2D eigenvalue weighted by Crippen LogP contribution is -2.30. The number of carbonyl (C=O) groups is 1. The first-order valence-electron chi connectivity index (χ1n) is 7.79. The Bertz CT molecular complexity index is 668. The molecule has 1 N–H and O–H groups in total. The Morgan fingerprint density at radius 1 is 1.00 bits per heavy atom. The van der Waals surface area contributed by atoms with Crippen LogP contribution in [-0.2, 0) is 11.2 Å². The number of aryl methyl sites for hydroxylation is 1. The van der Waals surface area contributed by atoms with Crippen LogP contribution in [0.25, 0.3) is 0 Å². The Morgan fingerprint density at radius 2 is 1.71 bits per heavy atom. The highest BCUT2D eigenvalue weighted by molar-refractivity contribution is 5.77. The number of methoxy groups -OCH3 is 2. The van der Waals surface area contributed by atoms with E-state index in [-0.39, 0.29) is 12.5 Å². The Balaban J connectivity index is 1.76. The molecule has 2 aromatic rings. The van der Waals surface area contributed by atoms with Crippen LogP contribution in [-0.4, -0.2) is 33.3 Å². The van der Waals surface area contributed by atoms with Gasteiger partial charge in [-0.1, -0.05) is 17.7 Å². The Hall–Kier alpha value is -2.69. The summed E-state index contributed by atoms with van der Waals surface area (Å²) in [4.78, 5) is 11.9. The fourth-order valence-corrected chi connectivity index (χ4v) is 2.31. The number of benzene rings is 2. The number of ether oxygens (including phenoxy) is 3. The lowest BCUT2D eigenvalue weighted by Gasteiger charge is -2.11. The van der Waals surface area contributed by atoms with Crippen molar-refractivity contribution >= 4 is 5.91 Å². The van der Waals surface area contributed by atoms with E-state index in [9.17, 15) is 4.79 Å². The second-order valence-electron chi connectivity index (χ2n) is 5.38. The molecule has 0 aliphatic carbocycles. The molecule has 2 rings (SSSR count). The van der Waals surface area contributed by atoms with E-state index in [1.54, 1.807) is 38.5 Å². The van der Waals surface area contributed by atoms with Gasteiger partial charge in [-0.25, -0.2) is 0 Å². The molecule has 0 spiro atoms. The Labute approximate surface area is 142 Å². The van der Waals surface area contributed by atoms with Crippen molar-refractivity contribution in [3.63, 3.8) is 0 Å². The number of hydrogen-bond acceptors (Lipinski definition) is 4. The van der Waals surface area contributed by atoms with Crippen LogP contribution in [0.4, 0.5) is 0 Å². The molecule has 24 heavy (non-hydrogen) atoms. The van der Waals surface area contributed by atoms with Crippen molar-refractivity contribution in [3.05, 3.63) is 53.6 Å². The summed E-state index contributed by atoms with van der Waals surface area (Å²) in [5.41, 5.74) is 2.24. The fourth-order valence-electron chi connectivity index (χ4n) is 2.31. The number of amides is 1. The van der Waals surface area contributed by atoms with Crippen LogP contribution < -0.4 is 19.5 Å². The average Bonchev–Trinajstić information content (AvgIpc) is 2.60. The van der Waals surface area contributed by atoms with E-state index in [1.165, 1.54) is 5.56 Å². The summed E-state index contributed by atoms with van der Waals surface area (Å²) in [6.07, 6.45) is 0.707. The normalized spacial score (nSPS) is 10.1. The highest BCUT2D eigenvalue weighted by Crippen LogP contribution is 2.20. The van der Waals surface area contributed by atoms with Crippen LogP contribution in [0.3, 0.4) is 0 Å². The molecular weight excluding hydrogens is 306 g/mol. The molecule has 5 nitrogen and oxygen atoms in total. The quantitative estimate of drug-likeness (QED) is 0.809. The number of hydrogen-bond donors (Lipinski definition) is 1. The molecule has 0 aliphatic rings. The largest absolute Gasteiger partial charge is 0.497 e. The van der Waals surface area contributed by atoms with Crippen molar-refractivity contribution in [3.8, 4) is 17.2 Å². The fraction of sp³-hybridized carbons (Fsp3) is 0.316. The van der Waals surface area contributed by atoms with Gasteiger partial charge >= 0.3 is 0 Å². The van der Waals surface area contributed by atoms with Gasteiger partial charge in [-0.05, 0) is 49.2 Å². The van der Waals surface area contributed by atoms with Crippen LogP contribution in [0.5, 0.6) is 17.2 Å². The van der Waals surface area contributed by atoms with Gasteiger partial charge in [-0.2, -0.15) is 0 Å². The summed E-state index contributed by atoms with van der Waals surface area (Å²) < 4.78 is 15.8. The molecule has 0 unspecified atom stereocenters. The molecule has 0 saturated carbocycles. The summed E-state index contributed by atoms with van der Waals surface area (Å²) in [6.45, 7) is 2.55. The average molecular weight is 329 g/mol. The van der Waals surface area contributed by atoms with Crippen molar-refractivity contribution in [1.82, 2.24) is 5.32 Å². The molecule has 0 saturated heterocycles. The lowest BCUT2D eigenvalue weighted by atomic mass is 10.1. The maximum Gasteiger partial charge on any atom is 0.257 e. The molecule has 0 radical (unpaired) electrons. The lowest BCUT2D eigenvalue weighted by molar-refractivity contribution is -0.123. The van der Waals surface area contributed by atoms with E-state index in [2.05, 4.69) is 11.4 Å². The molecule has 0 fully saturated rings. The van der Waals surface area contributed by atoms with Crippen molar-refractivity contribution in [2.45, 2.75) is 13.3 Å². The van der Waals surface area contributed by atoms with E-state index >= 15 is 0 Å². The third-order valence-corrected chi connectivity index (χ3v) is 3.58. The predicted octanol–water partition coefficient (Wildman–Crippen LogP) is 2.75. The molecule has 1 amide bonds. The van der Waals surface area contributed by atoms with E-state index in [4.69, 9.17) is 14.2 Å². The summed E-state index contributed by atoms with van der Waals surface area (Å²) >= 11 is 0. The monoisotopic (exact) mass is 329 g/mol. The van der Waals surface area contributed by atoms with E-state index in [0.29, 0.717) is 18.7 Å². The van der Waals surface area contributed by atoms with Gasteiger partial charge < -0.3 is 19.5 Å². The Kier molecular flexibility index (Phi) is 6.49. The van der Waals surface area contributed by atoms with E-state index < -0.39 is 0 Å². The predicted molar refractivity (Wildman–Crippen MR) is 92.9 cm³/mol. The summed E-state index contributed by atoms with van der Waals surface area (Å²) in [5.74, 6) is 2.06. The molecule has 0 bridgehead atoms. The van der Waals surface area contributed by atoms with Gasteiger partial charge in [0.05, 0.1) is 14.2 Å². The van der Waals surface area contributed by atoms with E-state index in [0.717, 1.165) is 17.1 Å². The van der Waals surface area contributed by atoms with E-state index in [1.807, 2.05) is 19.1 Å². The number of nitrogens with one attached hydrogen (secondary N) is 1. The minimum Gasteiger partial charge on any atom is -0.497 e. The smallest absolute Gasteiger partial charge is 0.257 e. The first-order valence-corrected chi connectivity index (χ1v) is 7.79. The molecule has 0 aliphatic heterocycles. The van der Waals surface area contributed by atoms with Crippen LogP contribution in [0, 0.1) is 6.92 Å². The maximum atomic E-state index is 11.9. The molecule has 0 aromatic heterocycles. The standard InChI is InChI=1S/C19H23NO4/c1-14-4-9-18(23-3)15(12-14)10-11-20-19(21)13-24-17-7-5-16(22-2)6-8-17/h4-9,12H,10-11,13H2,1-3H3,(H,20,21). The highest BCUT2D eigenvalue weighted by atomic mass is 16.5. The molecule has 0 atom stereocenters. The minimum atomic E-state index is -0.155. The highest BCUT2D eigenvalue weighted by Gasteiger charge is 2.06. The minimum absolute atomic E-state index is 0.0166. The van der Waals surface area contributed by atoms with Gasteiger partial charge in [0.25, 0.3) is 5.91 Å². The molecule has 128 valence electrons. The Morgan fingerprint density at radius 3 is 2.38 bits per heavy atom. The zero-order valence-corrected chi connectivity index (χ0v) is 14.3. The van der Waals surface area contributed by atoms with Crippen LogP contribution in [0.1, 0.15) is 11.1 Å². The van der Waals surface area contributed by atoms with Gasteiger partial charge in [0.1, 0.15) is 17.2 Å². The van der Waals surface area contributed by atoms with Crippen molar-refractivity contribution in [1.29, 1.82) is 0 Å². The van der Waals surface area contributed by atoms with Gasteiger partial charge in [-0.15, -0.1) is 0 Å². The molecule has 2 aromatic carbocycles. The third kappa shape index (κ3) is 5.19. The zero-order chi connectivity index (χ0) is 17.4. The van der Waals surface area contributed by atoms with Crippen LogP contribution >= 0.6 is 0 Å². The second-order valence-corrected chi connectivity index (χ2v) is 5.38. The van der Waals surface area contributed by atoms with Crippen molar-refractivity contribution in [2.24, 2.45) is 0 Å². The van der Waals surface area contributed by atoms with Gasteiger partial charge in [-0.3, -0.25) is 4.79 Å². The summed E-state index contributed by atoms with van der Waals surface area (Å²) in [6, 6.07) is 13.1. The zero-order valence-electron chi connectivity index (χ0n) is 14.3. The van der Waals surface area contributed by atoms with Gasteiger partial charge in [0.2, 0.25) is 0 Å². The summed E-state index contributed by atoms with van der Waals surface area (Å²) in [7, 11) is 3.25. The first-order chi connectivity index (χ1) is 11.6. The topological polar surface area (TPSA) is 56.8 Å². The maximum absolute atomic E-state index is 11.9. The second kappa shape index (κ2) is 8.82. The van der Waals surface area contributed by atoms with Crippen molar-refractivity contribution in [2.75, 3.05) is 27.4 Å². The summed E-state index contributed by atoms with van der Waals surface area (Å²) in [5, 5.41) is 2.85. The SMILES string of the molecule is COc1ccc(OCC(=O)NCCc2cc(C)ccc2OC)cc1. The van der Waals surface area contributed by atoms with Crippen LogP contribution in [0.15, 0.2) is 42.5 Å².